The van der Waals surface area contributed by atoms with E-state index in [2.05, 4.69) is 11.1 Å². The molecule has 0 aliphatic carbocycles. The average Bonchev–Trinajstić information content (AvgIpc) is 3.26. The van der Waals surface area contributed by atoms with E-state index in [-0.39, 0.29) is 24.3 Å². The quantitative estimate of drug-likeness (QED) is 0.562. The highest BCUT2D eigenvalue weighted by Crippen LogP contribution is 2.32. The standard InChI is InChI=1S/C23H24N2O3S/c1-15-14-17-8-3-5-10-19(17)25(15)23(27)16(2)28-22(26)13-7-12-21-24-18-9-4-6-11-20(18)29-21/h3-6,8-11,15-16H,7,12-14H2,1-2H3/t15-,16-/m1/s1. The normalized spacial score (nSPS) is 16.6. The second kappa shape index (κ2) is 8.33. The molecule has 0 radical (unpaired) electrons. The number of hydrogen-bond donors (Lipinski definition) is 0. The molecule has 6 heteroatoms. The Balaban J connectivity index is 1.29. The van der Waals surface area contributed by atoms with Crippen LogP contribution < -0.4 is 4.90 Å². The second-order valence-corrected chi connectivity index (χ2v) is 8.57. The molecule has 0 N–H and O–H groups in total. The fraction of sp³-hybridized carbons (Fsp3) is 0.348. The van der Waals surface area contributed by atoms with Gasteiger partial charge in [-0.1, -0.05) is 30.3 Å². The summed E-state index contributed by atoms with van der Waals surface area (Å²) in [5.74, 6) is -0.505. The maximum absolute atomic E-state index is 12.9. The van der Waals surface area contributed by atoms with E-state index in [0.717, 1.165) is 39.3 Å². The maximum atomic E-state index is 12.9. The minimum absolute atomic E-state index is 0.0695. The van der Waals surface area contributed by atoms with Crippen molar-refractivity contribution in [2.75, 3.05) is 4.90 Å². The van der Waals surface area contributed by atoms with Crippen LogP contribution in [0.3, 0.4) is 0 Å². The van der Waals surface area contributed by atoms with Crippen molar-refractivity contribution in [3.8, 4) is 0 Å². The topological polar surface area (TPSA) is 59.5 Å². The van der Waals surface area contributed by atoms with Crippen LogP contribution in [0.15, 0.2) is 48.5 Å². The van der Waals surface area contributed by atoms with Crippen LogP contribution in [0.5, 0.6) is 0 Å². The van der Waals surface area contributed by atoms with Crippen LogP contribution in [0.25, 0.3) is 10.2 Å². The number of hydrogen-bond acceptors (Lipinski definition) is 5. The number of fused-ring (bicyclic) bond motifs is 2. The lowest BCUT2D eigenvalue weighted by Crippen LogP contribution is -2.43. The number of benzene rings is 2. The molecule has 0 unspecified atom stereocenters. The van der Waals surface area contributed by atoms with Gasteiger partial charge in [-0.3, -0.25) is 9.59 Å². The van der Waals surface area contributed by atoms with Gasteiger partial charge in [0.25, 0.3) is 5.91 Å². The summed E-state index contributed by atoms with van der Waals surface area (Å²) in [6, 6.07) is 16.0. The van der Waals surface area contributed by atoms with Crippen LogP contribution in [-0.2, 0) is 27.2 Å². The third-order valence-corrected chi connectivity index (χ3v) is 6.31. The molecule has 0 spiro atoms. The summed E-state index contributed by atoms with van der Waals surface area (Å²) in [5, 5.41) is 1.02. The number of nitrogens with zero attached hydrogens (tertiary/aromatic N) is 2. The number of thiazole rings is 1. The number of carbonyl (C=O) groups is 2. The highest BCUT2D eigenvalue weighted by atomic mass is 32.1. The minimum atomic E-state index is -0.793. The Morgan fingerprint density at radius 1 is 1.21 bits per heavy atom. The van der Waals surface area contributed by atoms with Crippen LogP contribution in [-0.4, -0.2) is 29.0 Å². The Kier molecular flexibility index (Phi) is 5.62. The van der Waals surface area contributed by atoms with E-state index < -0.39 is 6.10 Å². The molecule has 2 heterocycles. The van der Waals surface area contributed by atoms with Crippen molar-refractivity contribution in [3.63, 3.8) is 0 Å². The molecular weight excluding hydrogens is 384 g/mol. The lowest BCUT2D eigenvalue weighted by Gasteiger charge is -2.25. The van der Waals surface area contributed by atoms with E-state index in [1.807, 2.05) is 49.4 Å². The molecule has 3 aromatic rings. The predicted octanol–water partition coefficient (Wildman–Crippen LogP) is 4.53. The molecule has 29 heavy (non-hydrogen) atoms. The summed E-state index contributed by atoms with van der Waals surface area (Å²) in [6.45, 7) is 3.67. The van der Waals surface area contributed by atoms with Crippen LogP contribution in [0, 0.1) is 0 Å². The Hall–Kier alpha value is -2.73. The zero-order chi connectivity index (χ0) is 20.4. The first-order chi connectivity index (χ1) is 14.0. The lowest BCUT2D eigenvalue weighted by atomic mass is 10.1. The number of rotatable bonds is 6. The molecule has 1 aliphatic rings. The van der Waals surface area contributed by atoms with E-state index >= 15 is 0 Å². The lowest BCUT2D eigenvalue weighted by molar-refractivity contribution is -0.154. The van der Waals surface area contributed by atoms with Gasteiger partial charge in [0, 0.05) is 18.2 Å². The zero-order valence-corrected chi connectivity index (χ0v) is 17.4. The van der Waals surface area contributed by atoms with Crippen molar-refractivity contribution < 1.29 is 14.3 Å². The number of esters is 1. The number of aryl methyl sites for hydroxylation is 1. The van der Waals surface area contributed by atoms with Gasteiger partial charge in [0.2, 0.25) is 0 Å². The largest absolute Gasteiger partial charge is 0.453 e. The molecule has 4 rings (SSSR count). The first-order valence-electron chi connectivity index (χ1n) is 9.98. The van der Waals surface area contributed by atoms with E-state index in [0.29, 0.717) is 6.42 Å². The van der Waals surface area contributed by atoms with Crippen LogP contribution in [0.1, 0.15) is 37.3 Å². The molecule has 1 amide bonds. The van der Waals surface area contributed by atoms with E-state index in [4.69, 9.17) is 4.74 Å². The third-order valence-electron chi connectivity index (χ3n) is 5.21. The van der Waals surface area contributed by atoms with Gasteiger partial charge in [-0.05, 0) is 56.9 Å². The smallest absolute Gasteiger partial charge is 0.306 e. The van der Waals surface area contributed by atoms with E-state index in [1.165, 1.54) is 0 Å². The predicted molar refractivity (Wildman–Crippen MR) is 115 cm³/mol. The van der Waals surface area contributed by atoms with Crippen molar-refractivity contribution in [1.29, 1.82) is 0 Å². The molecule has 5 nitrogen and oxygen atoms in total. The van der Waals surface area contributed by atoms with Crippen LogP contribution >= 0.6 is 11.3 Å². The molecule has 2 atom stereocenters. The Labute approximate surface area is 174 Å². The molecule has 0 saturated carbocycles. The van der Waals surface area contributed by atoms with Gasteiger partial charge < -0.3 is 9.64 Å². The molecular formula is C23H24N2O3S. The first-order valence-corrected chi connectivity index (χ1v) is 10.8. The fourth-order valence-electron chi connectivity index (χ4n) is 3.81. The van der Waals surface area contributed by atoms with Gasteiger partial charge in [-0.2, -0.15) is 0 Å². The van der Waals surface area contributed by atoms with Crippen molar-refractivity contribution in [3.05, 3.63) is 59.1 Å². The van der Waals surface area contributed by atoms with Crippen molar-refractivity contribution in [2.45, 2.75) is 51.7 Å². The number of anilines is 1. The fourth-order valence-corrected chi connectivity index (χ4v) is 4.82. The number of para-hydroxylation sites is 2. The summed E-state index contributed by atoms with van der Waals surface area (Å²) < 4.78 is 6.59. The van der Waals surface area contributed by atoms with E-state index in [9.17, 15) is 9.59 Å². The first kappa shape index (κ1) is 19.6. The van der Waals surface area contributed by atoms with Gasteiger partial charge in [-0.15, -0.1) is 11.3 Å². The molecule has 1 aliphatic heterocycles. The third kappa shape index (κ3) is 4.17. The maximum Gasteiger partial charge on any atom is 0.306 e. The molecule has 0 saturated heterocycles. The molecule has 1 aromatic heterocycles. The molecule has 0 bridgehead atoms. The number of aromatic nitrogens is 1. The number of carbonyl (C=O) groups excluding carboxylic acids is 2. The van der Waals surface area contributed by atoms with Crippen LogP contribution in [0.4, 0.5) is 5.69 Å². The highest BCUT2D eigenvalue weighted by Gasteiger charge is 2.34. The Morgan fingerprint density at radius 2 is 1.97 bits per heavy atom. The average molecular weight is 409 g/mol. The van der Waals surface area contributed by atoms with Gasteiger partial charge in [0.05, 0.1) is 15.2 Å². The summed E-state index contributed by atoms with van der Waals surface area (Å²) in [6.07, 6.45) is 1.69. The SMILES string of the molecule is C[C@@H]1Cc2ccccc2N1C(=O)[C@@H](C)OC(=O)CCCc1nc2ccccc2s1. The summed E-state index contributed by atoms with van der Waals surface area (Å²) in [5.41, 5.74) is 3.07. The van der Waals surface area contributed by atoms with Gasteiger partial charge in [-0.25, -0.2) is 4.98 Å². The number of amides is 1. The second-order valence-electron chi connectivity index (χ2n) is 7.45. The number of ether oxygens (including phenoxy) is 1. The summed E-state index contributed by atoms with van der Waals surface area (Å²) in [4.78, 5) is 31.5. The van der Waals surface area contributed by atoms with Crippen LogP contribution in [0.2, 0.25) is 0 Å². The Morgan fingerprint density at radius 3 is 2.79 bits per heavy atom. The molecule has 0 fully saturated rings. The Bertz CT molecular complexity index is 1010. The summed E-state index contributed by atoms with van der Waals surface area (Å²) >= 11 is 1.65. The monoisotopic (exact) mass is 408 g/mol. The van der Waals surface area contributed by atoms with Gasteiger partial charge >= 0.3 is 5.97 Å². The molecule has 150 valence electrons. The van der Waals surface area contributed by atoms with Crippen molar-refractivity contribution in [2.24, 2.45) is 0 Å². The summed E-state index contributed by atoms with van der Waals surface area (Å²) in [7, 11) is 0. The highest BCUT2D eigenvalue weighted by molar-refractivity contribution is 7.18. The van der Waals surface area contributed by atoms with Crippen molar-refractivity contribution >= 4 is 39.1 Å². The zero-order valence-electron chi connectivity index (χ0n) is 16.6. The van der Waals surface area contributed by atoms with Gasteiger partial charge in [0.15, 0.2) is 6.10 Å². The van der Waals surface area contributed by atoms with E-state index in [1.54, 1.807) is 23.2 Å². The minimum Gasteiger partial charge on any atom is -0.453 e. The van der Waals surface area contributed by atoms with Crippen molar-refractivity contribution in [1.82, 2.24) is 4.98 Å². The van der Waals surface area contributed by atoms with Gasteiger partial charge in [0.1, 0.15) is 0 Å². The molecule has 2 aromatic carbocycles.